The summed E-state index contributed by atoms with van der Waals surface area (Å²) >= 11 is 1.18. The average molecular weight is 264 g/mol. The Morgan fingerprint density at radius 2 is 1.83 bits per heavy atom. The Labute approximate surface area is 109 Å². The molecule has 94 valence electrons. The second kappa shape index (κ2) is 5.46. The van der Waals surface area contributed by atoms with E-state index in [2.05, 4.69) is 9.97 Å². The summed E-state index contributed by atoms with van der Waals surface area (Å²) in [5, 5.41) is 9.45. The van der Waals surface area contributed by atoms with Gasteiger partial charge in [0, 0.05) is 11.4 Å². The maximum Gasteiger partial charge on any atom is 0.192 e. The fourth-order valence-electron chi connectivity index (χ4n) is 1.56. The smallest absolute Gasteiger partial charge is 0.192 e. The van der Waals surface area contributed by atoms with Crippen LogP contribution in [0.1, 0.15) is 17.0 Å². The molecular weight excluding hydrogens is 251 g/mol. The SMILES string of the molecule is Cc1cc(C)nc(Sc2ccc(CO)cc2F)n1. The van der Waals surface area contributed by atoms with Gasteiger partial charge in [0.15, 0.2) is 5.16 Å². The summed E-state index contributed by atoms with van der Waals surface area (Å²) in [5.41, 5.74) is 2.27. The molecule has 0 fully saturated rings. The summed E-state index contributed by atoms with van der Waals surface area (Å²) in [7, 11) is 0. The topological polar surface area (TPSA) is 46.0 Å². The van der Waals surface area contributed by atoms with Gasteiger partial charge in [-0.05, 0) is 49.4 Å². The molecule has 1 N–H and O–H groups in total. The summed E-state index contributed by atoms with van der Waals surface area (Å²) in [6, 6.07) is 6.51. The minimum absolute atomic E-state index is 0.165. The molecule has 0 aliphatic heterocycles. The molecule has 1 aromatic heterocycles. The van der Waals surface area contributed by atoms with Gasteiger partial charge in [0.1, 0.15) is 5.82 Å². The molecule has 0 unspecified atom stereocenters. The Hall–Kier alpha value is -1.46. The molecule has 0 radical (unpaired) electrons. The van der Waals surface area contributed by atoms with Crippen LogP contribution in [0.15, 0.2) is 34.3 Å². The highest BCUT2D eigenvalue weighted by molar-refractivity contribution is 7.99. The number of aromatic nitrogens is 2. The van der Waals surface area contributed by atoms with Crippen molar-refractivity contribution in [3.8, 4) is 0 Å². The summed E-state index contributed by atoms with van der Waals surface area (Å²) in [5.74, 6) is -0.366. The van der Waals surface area contributed by atoms with E-state index in [0.29, 0.717) is 15.6 Å². The van der Waals surface area contributed by atoms with Gasteiger partial charge in [-0.25, -0.2) is 14.4 Å². The van der Waals surface area contributed by atoms with Crippen LogP contribution in [0.5, 0.6) is 0 Å². The van der Waals surface area contributed by atoms with Crippen LogP contribution in [0.2, 0.25) is 0 Å². The number of hydrogen-bond acceptors (Lipinski definition) is 4. The van der Waals surface area contributed by atoms with Crippen LogP contribution < -0.4 is 0 Å². The minimum atomic E-state index is -0.366. The lowest BCUT2D eigenvalue weighted by Crippen LogP contribution is -1.94. The third kappa shape index (κ3) is 3.05. The zero-order valence-electron chi connectivity index (χ0n) is 10.1. The van der Waals surface area contributed by atoms with E-state index in [1.54, 1.807) is 12.1 Å². The fourth-order valence-corrected chi connectivity index (χ4v) is 2.43. The molecule has 0 amide bonds. The predicted octanol–water partition coefficient (Wildman–Crippen LogP) is 2.88. The minimum Gasteiger partial charge on any atom is -0.392 e. The Bertz CT molecular complexity index is 555. The van der Waals surface area contributed by atoms with Gasteiger partial charge in [-0.3, -0.25) is 0 Å². The standard InChI is InChI=1S/C13H13FN2OS/c1-8-5-9(2)16-13(15-8)18-12-4-3-10(7-17)6-11(12)14/h3-6,17H,7H2,1-2H3. The molecule has 0 aliphatic rings. The van der Waals surface area contributed by atoms with E-state index in [4.69, 9.17) is 5.11 Å². The van der Waals surface area contributed by atoms with Gasteiger partial charge in [0.2, 0.25) is 0 Å². The van der Waals surface area contributed by atoms with Crippen molar-refractivity contribution in [1.82, 2.24) is 9.97 Å². The Morgan fingerprint density at radius 3 is 2.39 bits per heavy atom. The number of aryl methyl sites for hydroxylation is 2. The number of aliphatic hydroxyl groups is 1. The van der Waals surface area contributed by atoms with Gasteiger partial charge < -0.3 is 5.11 Å². The molecule has 0 atom stereocenters. The molecular formula is C13H13FN2OS. The second-order valence-electron chi connectivity index (χ2n) is 3.96. The van der Waals surface area contributed by atoms with Crippen LogP contribution in [-0.2, 0) is 6.61 Å². The van der Waals surface area contributed by atoms with Crippen LogP contribution in [0, 0.1) is 19.7 Å². The lowest BCUT2D eigenvalue weighted by molar-refractivity contribution is 0.281. The van der Waals surface area contributed by atoms with E-state index in [-0.39, 0.29) is 12.4 Å². The monoisotopic (exact) mass is 264 g/mol. The third-order valence-electron chi connectivity index (χ3n) is 2.34. The Balaban J connectivity index is 2.28. The number of aliphatic hydroxyl groups excluding tert-OH is 1. The lowest BCUT2D eigenvalue weighted by atomic mass is 10.2. The van der Waals surface area contributed by atoms with Gasteiger partial charge >= 0.3 is 0 Å². The van der Waals surface area contributed by atoms with Crippen LogP contribution in [0.3, 0.4) is 0 Å². The molecule has 0 spiro atoms. The summed E-state index contributed by atoms with van der Waals surface area (Å²) in [6.07, 6.45) is 0. The number of rotatable bonds is 3. The van der Waals surface area contributed by atoms with Gasteiger partial charge in [-0.15, -0.1) is 0 Å². The van der Waals surface area contributed by atoms with Gasteiger partial charge in [0.25, 0.3) is 0 Å². The zero-order chi connectivity index (χ0) is 13.1. The first-order chi connectivity index (χ1) is 8.58. The van der Waals surface area contributed by atoms with Crippen LogP contribution >= 0.6 is 11.8 Å². The van der Waals surface area contributed by atoms with Crippen LogP contribution in [0.4, 0.5) is 4.39 Å². The molecule has 2 aromatic rings. The average Bonchev–Trinajstić information content (AvgIpc) is 2.30. The molecule has 0 bridgehead atoms. The largest absolute Gasteiger partial charge is 0.392 e. The van der Waals surface area contributed by atoms with E-state index in [1.165, 1.54) is 17.8 Å². The van der Waals surface area contributed by atoms with Gasteiger partial charge in [-0.1, -0.05) is 6.07 Å². The lowest BCUT2D eigenvalue weighted by Gasteiger charge is -2.05. The van der Waals surface area contributed by atoms with Crippen molar-refractivity contribution in [2.24, 2.45) is 0 Å². The highest BCUT2D eigenvalue weighted by atomic mass is 32.2. The number of halogens is 1. The Kier molecular flexibility index (Phi) is 3.93. The van der Waals surface area contributed by atoms with Gasteiger partial charge in [-0.2, -0.15) is 0 Å². The maximum absolute atomic E-state index is 13.7. The normalized spacial score (nSPS) is 10.7. The third-order valence-corrected chi connectivity index (χ3v) is 3.26. The van der Waals surface area contributed by atoms with Crippen molar-refractivity contribution in [2.75, 3.05) is 0 Å². The molecule has 1 heterocycles. The van der Waals surface area contributed by atoms with E-state index in [0.717, 1.165) is 11.4 Å². The number of nitrogens with zero attached hydrogens (tertiary/aromatic N) is 2. The molecule has 1 aromatic carbocycles. The summed E-state index contributed by atoms with van der Waals surface area (Å²) in [6.45, 7) is 3.59. The van der Waals surface area contributed by atoms with Crippen molar-refractivity contribution in [3.63, 3.8) is 0 Å². The van der Waals surface area contributed by atoms with Crippen molar-refractivity contribution < 1.29 is 9.50 Å². The van der Waals surface area contributed by atoms with Crippen molar-refractivity contribution in [3.05, 3.63) is 47.0 Å². The van der Waals surface area contributed by atoms with Crippen LogP contribution in [-0.4, -0.2) is 15.1 Å². The maximum atomic E-state index is 13.7. The van der Waals surface area contributed by atoms with E-state index in [9.17, 15) is 4.39 Å². The van der Waals surface area contributed by atoms with E-state index in [1.807, 2.05) is 19.9 Å². The first-order valence-electron chi connectivity index (χ1n) is 5.48. The molecule has 0 aliphatic carbocycles. The van der Waals surface area contributed by atoms with Gasteiger partial charge in [0.05, 0.1) is 11.5 Å². The van der Waals surface area contributed by atoms with Crippen LogP contribution in [0.25, 0.3) is 0 Å². The highest BCUT2D eigenvalue weighted by Gasteiger charge is 2.08. The highest BCUT2D eigenvalue weighted by Crippen LogP contribution is 2.28. The number of benzene rings is 1. The molecule has 0 saturated heterocycles. The summed E-state index contributed by atoms with van der Waals surface area (Å²) in [4.78, 5) is 8.95. The second-order valence-corrected chi connectivity index (χ2v) is 4.97. The predicted molar refractivity (Wildman–Crippen MR) is 68.0 cm³/mol. The first kappa shape index (κ1) is 13.0. The van der Waals surface area contributed by atoms with E-state index < -0.39 is 0 Å². The first-order valence-corrected chi connectivity index (χ1v) is 6.29. The molecule has 2 rings (SSSR count). The van der Waals surface area contributed by atoms with Crippen molar-refractivity contribution in [2.45, 2.75) is 30.5 Å². The fraction of sp³-hybridized carbons (Fsp3) is 0.231. The van der Waals surface area contributed by atoms with Crippen molar-refractivity contribution in [1.29, 1.82) is 0 Å². The molecule has 5 heteroatoms. The molecule has 0 saturated carbocycles. The summed E-state index contributed by atoms with van der Waals surface area (Å²) < 4.78 is 13.7. The molecule has 3 nitrogen and oxygen atoms in total. The van der Waals surface area contributed by atoms with Crippen molar-refractivity contribution >= 4 is 11.8 Å². The van der Waals surface area contributed by atoms with E-state index >= 15 is 0 Å². The zero-order valence-corrected chi connectivity index (χ0v) is 11.0. The Morgan fingerprint density at radius 1 is 1.17 bits per heavy atom. The number of hydrogen-bond donors (Lipinski definition) is 1. The quantitative estimate of drug-likeness (QED) is 0.866. The molecule has 18 heavy (non-hydrogen) atoms.